The monoisotopic (exact) mass is 355 g/mol. The van der Waals surface area contributed by atoms with E-state index in [9.17, 15) is 9.59 Å². The highest BCUT2D eigenvalue weighted by atomic mass is 16.2. The number of urea groups is 1. The summed E-state index contributed by atoms with van der Waals surface area (Å²) in [7, 11) is 0. The van der Waals surface area contributed by atoms with E-state index in [0.29, 0.717) is 0 Å². The fourth-order valence-corrected chi connectivity index (χ4v) is 3.80. The molecule has 2 N–H and O–H groups in total. The number of benzene rings is 1. The molecule has 1 saturated carbocycles. The first-order chi connectivity index (χ1) is 12.6. The largest absolute Gasteiger partial charge is 0.335 e. The number of imide groups is 1. The Kier molecular flexibility index (Phi) is 6.45. The fraction of sp³-hybridized carbons (Fsp3) is 0.524. The van der Waals surface area contributed by atoms with Crippen molar-refractivity contribution in [2.24, 2.45) is 0 Å². The Balaban J connectivity index is 1.48. The van der Waals surface area contributed by atoms with Crippen LogP contribution in [0.3, 0.4) is 0 Å². The number of nitrogens with one attached hydrogen (secondary N) is 2. The Morgan fingerprint density at radius 2 is 1.85 bits per heavy atom. The summed E-state index contributed by atoms with van der Waals surface area (Å²) in [5, 5.41) is 5.45. The molecule has 1 unspecified atom stereocenters. The standard InChI is InChI=1S/C21H29N3O2/c1-16(20(25)23-21(26)22-19-10-6-3-7-11-19)24-14-12-18(13-15-24)17-8-4-2-5-9-17/h2,4-5,8-9,12,16,19H,3,6-7,10-11,13-15H2,1H3,(H2,22,23,25,26). The number of amides is 3. The Labute approximate surface area is 155 Å². The van der Waals surface area contributed by atoms with Gasteiger partial charge in [-0.05, 0) is 37.3 Å². The summed E-state index contributed by atoms with van der Waals surface area (Å²) in [6, 6.07) is 9.88. The van der Waals surface area contributed by atoms with Crippen LogP contribution in [-0.2, 0) is 4.79 Å². The number of carbonyl (C=O) groups is 2. The molecule has 1 aromatic carbocycles. The third-order valence-electron chi connectivity index (χ3n) is 5.49. The predicted molar refractivity (Wildman–Crippen MR) is 104 cm³/mol. The maximum absolute atomic E-state index is 12.4. The summed E-state index contributed by atoms with van der Waals surface area (Å²) < 4.78 is 0. The van der Waals surface area contributed by atoms with Crippen LogP contribution in [-0.4, -0.2) is 42.0 Å². The average molecular weight is 355 g/mol. The van der Waals surface area contributed by atoms with Crippen LogP contribution in [0.5, 0.6) is 0 Å². The molecule has 0 spiro atoms. The van der Waals surface area contributed by atoms with Crippen molar-refractivity contribution in [1.82, 2.24) is 15.5 Å². The lowest BCUT2D eigenvalue weighted by Crippen LogP contribution is -2.52. The van der Waals surface area contributed by atoms with E-state index >= 15 is 0 Å². The first kappa shape index (κ1) is 18.6. The zero-order valence-electron chi connectivity index (χ0n) is 15.5. The smallest absolute Gasteiger partial charge is 0.321 e. The van der Waals surface area contributed by atoms with Gasteiger partial charge in [0.15, 0.2) is 0 Å². The molecule has 1 aromatic rings. The van der Waals surface area contributed by atoms with Crippen LogP contribution in [0.2, 0.25) is 0 Å². The predicted octanol–water partition coefficient (Wildman–Crippen LogP) is 3.32. The summed E-state index contributed by atoms with van der Waals surface area (Å²) >= 11 is 0. The van der Waals surface area contributed by atoms with Crippen molar-refractivity contribution in [3.8, 4) is 0 Å². The molecule has 26 heavy (non-hydrogen) atoms. The lowest BCUT2D eigenvalue weighted by molar-refractivity contribution is -0.124. The number of rotatable bonds is 4. The minimum atomic E-state index is -0.355. The molecule has 3 amide bonds. The summed E-state index contributed by atoms with van der Waals surface area (Å²) in [6.45, 7) is 3.41. The SMILES string of the molecule is CC(C(=O)NC(=O)NC1CCCCC1)N1CC=C(c2ccccc2)CC1. The first-order valence-corrected chi connectivity index (χ1v) is 9.73. The second kappa shape index (κ2) is 8.99. The Morgan fingerprint density at radius 3 is 2.50 bits per heavy atom. The van der Waals surface area contributed by atoms with E-state index in [4.69, 9.17) is 0 Å². The molecule has 1 aliphatic carbocycles. The summed E-state index contributed by atoms with van der Waals surface area (Å²) in [4.78, 5) is 26.6. The van der Waals surface area contributed by atoms with Gasteiger partial charge >= 0.3 is 6.03 Å². The molecule has 1 heterocycles. The van der Waals surface area contributed by atoms with Gasteiger partial charge in [-0.15, -0.1) is 0 Å². The van der Waals surface area contributed by atoms with Crippen LogP contribution in [0.25, 0.3) is 5.57 Å². The highest BCUT2D eigenvalue weighted by molar-refractivity contribution is 5.97. The van der Waals surface area contributed by atoms with Gasteiger partial charge in [-0.2, -0.15) is 0 Å². The Hall–Kier alpha value is -2.14. The van der Waals surface area contributed by atoms with Crippen molar-refractivity contribution in [2.75, 3.05) is 13.1 Å². The van der Waals surface area contributed by atoms with Crippen molar-refractivity contribution in [1.29, 1.82) is 0 Å². The van der Waals surface area contributed by atoms with Gasteiger partial charge in [-0.3, -0.25) is 15.0 Å². The van der Waals surface area contributed by atoms with Crippen molar-refractivity contribution >= 4 is 17.5 Å². The normalized spacial score (nSPS) is 20.1. The topological polar surface area (TPSA) is 61.4 Å². The second-order valence-corrected chi connectivity index (χ2v) is 7.31. The van der Waals surface area contributed by atoms with Gasteiger partial charge in [-0.25, -0.2) is 4.79 Å². The van der Waals surface area contributed by atoms with Crippen LogP contribution in [0.15, 0.2) is 36.4 Å². The van der Waals surface area contributed by atoms with E-state index in [0.717, 1.165) is 45.2 Å². The van der Waals surface area contributed by atoms with Gasteiger partial charge in [0.05, 0.1) is 6.04 Å². The molecule has 3 rings (SSSR count). The van der Waals surface area contributed by atoms with E-state index in [-0.39, 0.29) is 24.0 Å². The maximum atomic E-state index is 12.4. The van der Waals surface area contributed by atoms with Gasteiger partial charge < -0.3 is 5.32 Å². The number of hydrogen-bond acceptors (Lipinski definition) is 3. The molecular weight excluding hydrogens is 326 g/mol. The third kappa shape index (κ3) is 4.94. The first-order valence-electron chi connectivity index (χ1n) is 9.73. The average Bonchev–Trinajstić information content (AvgIpc) is 2.69. The zero-order chi connectivity index (χ0) is 18.4. The summed E-state index contributed by atoms with van der Waals surface area (Å²) in [5.41, 5.74) is 2.57. The van der Waals surface area contributed by atoms with Crippen LogP contribution in [0.1, 0.15) is 51.0 Å². The highest BCUT2D eigenvalue weighted by Crippen LogP contribution is 2.23. The molecule has 0 aromatic heterocycles. The van der Waals surface area contributed by atoms with E-state index in [1.54, 1.807) is 0 Å². The van der Waals surface area contributed by atoms with Gasteiger partial charge in [-0.1, -0.05) is 55.7 Å². The van der Waals surface area contributed by atoms with Crippen molar-refractivity contribution in [3.63, 3.8) is 0 Å². The Bertz CT molecular complexity index is 650. The summed E-state index contributed by atoms with van der Waals surface area (Å²) in [6.07, 6.45) is 8.66. The van der Waals surface area contributed by atoms with E-state index in [1.807, 2.05) is 25.1 Å². The van der Waals surface area contributed by atoms with Gasteiger partial charge in [0.1, 0.15) is 0 Å². The minimum Gasteiger partial charge on any atom is -0.335 e. The van der Waals surface area contributed by atoms with Crippen molar-refractivity contribution < 1.29 is 9.59 Å². The van der Waals surface area contributed by atoms with Crippen molar-refractivity contribution in [3.05, 3.63) is 42.0 Å². The van der Waals surface area contributed by atoms with Crippen LogP contribution in [0.4, 0.5) is 4.79 Å². The maximum Gasteiger partial charge on any atom is 0.321 e. The quantitative estimate of drug-likeness (QED) is 0.871. The van der Waals surface area contributed by atoms with E-state index < -0.39 is 0 Å². The fourth-order valence-electron chi connectivity index (χ4n) is 3.80. The van der Waals surface area contributed by atoms with E-state index in [1.165, 1.54) is 17.6 Å². The van der Waals surface area contributed by atoms with E-state index in [2.05, 4.69) is 33.7 Å². The molecule has 1 aliphatic heterocycles. The molecule has 0 bridgehead atoms. The number of hydrogen-bond donors (Lipinski definition) is 2. The van der Waals surface area contributed by atoms with Crippen LogP contribution >= 0.6 is 0 Å². The van der Waals surface area contributed by atoms with Gasteiger partial charge in [0, 0.05) is 19.1 Å². The summed E-state index contributed by atoms with van der Waals surface area (Å²) in [5.74, 6) is -0.227. The van der Waals surface area contributed by atoms with Gasteiger partial charge in [0.2, 0.25) is 5.91 Å². The molecule has 5 heteroatoms. The second-order valence-electron chi connectivity index (χ2n) is 7.31. The third-order valence-corrected chi connectivity index (χ3v) is 5.49. The molecule has 140 valence electrons. The van der Waals surface area contributed by atoms with Gasteiger partial charge in [0.25, 0.3) is 0 Å². The molecule has 5 nitrogen and oxygen atoms in total. The molecule has 1 atom stereocenters. The lowest BCUT2D eigenvalue weighted by Gasteiger charge is -2.31. The zero-order valence-corrected chi connectivity index (χ0v) is 15.5. The molecular formula is C21H29N3O2. The van der Waals surface area contributed by atoms with Crippen molar-refractivity contribution in [2.45, 2.75) is 57.5 Å². The lowest BCUT2D eigenvalue weighted by atomic mass is 9.96. The van der Waals surface area contributed by atoms with Crippen LogP contribution < -0.4 is 10.6 Å². The minimum absolute atomic E-state index is 0.207. The number of carbonyl (C=O) groups excluding carboxylic acids is 2. The van der Waals surface area contributed by atoms with Crippen LogP contribution in [0, 0.1) is 0 Å². The highest BCUT2D eigenvalue weighted by Gasteiger charge is 2.25. The molecule has 1 fully saturated rings. The number of nitrogens with zero attached hydrogens (tertiary/aromatic N) is 1. The molecule has 2 aliphatic rings. The molecule has 0 saturated heterocycles. The molecule has 0 radical (unpaired) electrons. The Morgan fingerprint density at radius 1 is 1.12 bits per heavy atom.